The van der Waals surface area contributed by atoms with Crippen LogP contribution in [0.5, 0.6) is 17.2 Å². The van der Waals surface area contributed by atoms with Crippen molar-refractivity contribution in [2.75, 3.05) is 58.3 Å². The molecule has 3 rings (SSSR count). The molecule has 1 aliphatic rings. The molecule has 172 valence electrons. The summed E-state index contributed by atoms with van der Waals surface area (Å²) >= 11 is 5.52. The molecular weight excluding hydrogens is 432 g/mol. The lowest BCUT2D eigenvalue weighted by atomic mass is 10.2. The maximum absolute atomic E-state index is 5.52. The smallest absolute Gasteiger partial charge is 0.229 e. The number of hydrogen-bond acceptors (Lipinski definition) is 7. The Kier molecular flexibility index (Phi) is 8.01. The van der Waals surface area contributed by atoms with E-state index >= 15 is 0 Å². The highest BCUT2D eigenvalue weighted by atomic mass is 32.1. The van der Waals surface area contributed by atoms with E-state index in [2.05, 4.69) is 25.6 Å². The molecule has 0 spiro atoms. The van der Waals surface area contributed by atoms with Crippen molar-refractivity contribution in [1.82, 2.24) is 14.9 Å². The van der Waals surface area contributed by atoms with Gasteiger partial charge in [-0.2, -0.15) is 4.99 Å². The van der Waals surface area contributed by atoms with Crippen LogP contribution in [0.2, 0.25) is 0 Å². The zero-order valence-corrected chi connectivity index (χ0v) is 19.7. The number of hydrogen-bond donors (Lipinski definition) is 2. The molecule has 0 aliphatic carbocycles. The van der Waals surface area contributed by atoms with Gasteiger partial charge in [-0.05, 0) is 32.1 Å². The summed E-state index contributed by atoms with van der Waals surface area (Å²) in [6.07, 6.45) is 0. The highest BCUT2D eigenvalue weighted by Crippen LogP contribution is 2.39. The molecular formula is C21H28N6O4S. The van der Waals surface area contributed by atoms with Gasteiger partial charge in [0, 0.05) is 42.3 Å². The van der Waals surface area contributed by atoms with Crippen LogP contribution in [0.25, 0.3) is 0 Å². The van der Waals surface area contributed by atoms with Gasteiger partial charge in [0.15, 0.2) is 11.5 Å². The van der Waals surface area contributed by atoms with E-state index in [9.17, 15) is 0 Å². The Morgan fingerprint density at radius 2 is 1.56 bits per heavy atom. The molecule has 32 heavy (non-hydrogen) atoms. The van der Waals surface area contributed by atoms with Crippen molar-refractivity contribution in [1.29, 1.82) is 0 Å². The van der Waals surface area contributed by atoms with Gasteiger partial charge in [-0.1, -0.05) is 0 Å². The molecule has 0 unspecified atom stereocenters. The predicted octanol–water partition coefficient (Wildman–Crippen LogP) is 2.62. The molecule has 0 saturated carbocycles. The van der Waals surface area contributed by atoms with Gasteiger partial charge in [0.1, 0.15) is 0 Å². The summed E-state index contributed by atoms with van der Waals surface area (Å²) in [7, 11) is 4.67. The number of morpholine rings is 1. The number of guanidine groups is 1. The third-order valence-corrected chi connectivity index (χ3v) is 4.83. The molecule has 0 atom stereocenters. The monoisotopic (exact) mass is 460 g/mol. The molecule has 0 amide bonds. The van der Waals surface area contributed by atoms with Gasteiger partial charge in [-0.15, -0.1) is 0 Å². The Bertz CT molecular complexity index is 949. The first-order valence-corrected chi connectivity index (χ1v) is 10.5. The molecule has 1 saturated heterocycles. The minimum atomic E-state index is 0.248. The van der Waals surface area contributed by atoms with E-state index in [1.54, 1.807) is 33.5 Å². The molecule has 2 heterocycles. The van der Waals surface area contributed by atoms with Gasteiger partial charge in [-0.25, -0.2) is 9.97 Å². The van der Waals surface area contributed by atoms with Crippen LogP contribution in [-0.2, 0) is 4.74 Å². The van der Waals surface area contributed by atoms with Crippen molar-refractivity contribution in [2.24, 2.45) is 4.99 Å². The van der Waals surface area contributed by atoms with Gasteiger partial charge in [0.2, 0.25) is 22.8 Å². The van der Waals surface area contributed by atoms with Crippen molar-refractivity contribution in [3.8, 4) is 17.2 Å². The number of aromatic nitrogens is 2. The maximum atomic E-state index is 5.52. The minimum absolute atomic E-state index is 0.248. The number of benzene rings is 1. The largest absolute Gasteiger partial charge is 0.493 e. The fourth-order valence-corrected chi connectivity index (χ4v) is 3.44. The number of nitrogens with one attached hydrogen (secondary N) is 2. The minimum Gasteiger partial charge on any atom is -0.493 e. The fraction of sp³-hybridized carbons (Fsp3) is 0.429. The standard InChI is InChI=1S/C21H28N6O4S/c1-13-10-14(2)23-19(22-13)25-20(27-6-8-31-9-7-27)26-21(32)24-15-11-16(28-3)18(30-5)17(12-15)29-4/h10-12H,6-9H2,1-5H3,(H2,22,23,24,25,26,32). The fourth-order valence-electron chi connectivity index (χ4n) is 3.24. The summed E-state index contributed by atoms with van der Waals surface area (Å²) in [4.78, 5) is 15.6. The van der Waals surface area contributed by atoms with Crippen LogP contribution in [-0.4, -0.2) is 73.6 Å². The number of rotatable bonds is 5. The summed E-state index contributed by atoms with van der Waals surface area (Å²) in [5, 5.41) is 6.57. The first-order chi connectivity index (χ1) is 15.4. The van der Waals surface area contributed by atoms with Gasteiger partial charge in [0.05, 0.1) is 34.5 Å². The maximum Gasteiger partial charge on any atom is 0.229 e. The van der Waals surface area contributed by atoms with Gasteiger partial charge < -0.3 is 29.2 Å². The molecule has 0 radical (unpaired) electrons. The number of nitrogens with zero attached hydrogens (tertiary/aromatic N) is 4. The predicted molar refractivity (Wildman–Crippen MR) is 127 cm³/mol. The van der Waals surface area contributed by atoms with Crippen molar-refractivity contribution in [3.05, 3.63) is 29.6 Å². The summed E-state index contributed by atoms with van der Waals surface area (Å²) in [5.74, 6) is 2.52. The molecule has 1 aliphatic heterocycles. The van der Waals surface area contributed by atoms with Gasteiger partial charge >= 0.3 is 0 Å². The van der Waals surface area contributed by atoms with Crippen LogP contribution in [0, 0.1) is 13.8 Å². The molecule has 11 heteroatoms. The lowest BCUT2D eigenvalue weighted by Crippen LogP contribution is -2.45. The highest BCUT2D eigenvalue weighted by molar-refractivity contribution is 7.80. The van der Waals surface area contributed by atoms with Crippen LogP contribution in [0.1, 0.15) is 11.4 Å². The second-order valence-electron chi connectivity index (χ2n) is 6.98. The summed E-state index contributed by atoms with van der Waals surface area (Å²) in [6.45, 7) is 6.37. The number of ether oxygens (including phenoxy) is 4. The second-order valence-corrected chi connectivity index (χ2v) is 7.37. The van der Waals surface area contributed by atoms with E-state index in [0.717, 1.165) is 11.4 Å². The lowest BCUT2D eigenvalue weighted by molar-refractivity contribution is 0.0680. The van der Waals surface area contributed by atoms with E-state index in [-0.39, 0.29) is 5.11 Å². The Morgan fingerprint density at radius 1 is 0.969 bits per heavy atom. The van der Waals surface area contributed by atoms with Crippen molar-refractivity contribution in [3.63, 3.8) is 0 Å². The zero-order valence-electron chi connectivity index (χ0n) is 18.9. The van der Waals surface area contributed by atoms with Crippen LogP contribution >= 0.6 is 12.2 Å². The number of aliphatic imine (C=N–C) groups is 1. The van der Waals surface area contributed by atoms with E-state index in [1.165, 1.54) is 0 Å². The number of thiocarbonyl (C=S) groups is 1. The Hall–Kier alpha value is -3.18. The van der Waals surface area contributed by atoms with Gasteiger partial charge in [0.25, 0.3) is 0 Å². The third kappa shape index (κ3) is 5.95. The van der Waals surface area contributed by atoms with E-state index in [4.69, 9.17) is 31.2 Å². The first-order valence-electron chi connectivity index (χ1n) is 10.0. The van der Waals surface area contributed by atoms with Gasteiger partial charge in [-0.3, -0.25) is 5.32 Å². The quantitative estimate of drug-likeness (QED) is 0.393. The molecule has 1 aromatic carbocycles. The zero-order chi connectivity index (χ0) is 23.1. The molecule has 2 N–H and O–H groups in total. The van der Waals surface area contributed by atoms with Crippen LogP contribution in [0.3, 0.4) is 0 Å². The molecule has 1 aromatic heterocycles. The molecule has 10 nitrogen and oxygen atoms in total. The van der Waals surface area contributed by atoms with Crippen LogP contribution in [0.15, 0.2) is 23.2 Å². The van der Waals surface area contributed by atoms with Crippen molar-refractivity contribution in [2.45, 2.75) is 13.8 Å². The summed E-state index contributed by atoms with van der Waals surface area (Å²) < 4.78 is 21.6. The summed E-state index contributed by atoms with van der Waals surface area (Å²) in [6, 6.07) is 5.43. The lowest BCUT2D eigenvalue weighted by Gasteiger charge is -2.29. The SMILES string of the molecule is COc1cc(NC(=S)/N=C(/Nc2nc(C)cc(C)n2)N2CCOCC2)cc(OC)c1OC. The van der Waals surface area contributed by atoms with E-state index < -0.39 is 0 Å². The second kappa shape index (κ2) is 10.9. The average Bonchev–Trinajstić information content (AvgIpc) is 2.77. The Morgan fingerprint density at radius 3 is 2.09 bits per heavy atom. The summed E-state index contributed by atoms with van der Waals surface area (Å²) in [5.41, 5.74) is 2.37. The van der Waals surface area contributed by atoms with Crippen molar-refractivity contribution < 1.29 is 18.9 Å². The number of aryl methyl sites for hydroxylation is 2. The van der Waals surface area contributed by atoms with Crippen LogP contribution < -0.4 is 24.8 Å². The topological polar surface area (TPSA) is 102 Å². The molecule has 0 bridgehead atoms. The highest BCUT2D eigenvalue weighted by Gasteiger charge is 2.18. The van der Waals surface area contributed by atoms with Crippen LogP contribution in [0.4, 0.5) is 11.6 Å². The number of methoxy groups -OCH3 is 3. The average molecular weight is 461 g/mol. The Balaban J connectivity index is 1.87. The first kappa shape index (κ1) is 23.5. The van der Waals surface area contributed by atoms with E-state index in [1.807, 2.05) is 24.8 Å². The van der Waals surface area contributed by atoms with Crippen molar-refractivity contribution >= 4 is 34.9 Å². The normalized spacial score (nSPS) is 14.0. The molecule has 1 fully saturated rings. The molecule has 2 aromatic rings. The third-order valence-electron chi connectivity index (χ3n) is 4.64. The van der Waals surface area contributed by atoms with E-state index in [0.29, 0.717) is 61.1 Å². The Labute approximate surface area is 193 Å². The number of anilines is 2.